The molecule has 35 heavy (non-hydrogen) atoms. The monoisotopic (exact) mass is 481 g/mol. The van der Waals surface area contributed by atoms with Crippen molar-refractivity contribution in [3.05, 3.63) is 18.3 Å². The highest BCUT2D eigenvalue weighted by molar-refractivity contribution is 5.90. The Kier molecular flexibility index (Phi) is 7.60. The third-order valence-corrected chi connectivity index (χ3v) is 7.96. The Morgan fingerprint density at radius 3 is 2.63 bits per heavy atom. The smallest absolute Gasteiger partial charge is 0.245 e. The molecule has 2 aromatic heterocycles. The fraction of sp³-hybridized carbons (Fsp3) is 0.741. The van der Waals surface area contributed by atoms with Crippen molar-refractivity contribution < 1.29 is 4.79 Å². The molecule has 192 valence electrons. The molecule has 4 atom stereocenters. The van der Waals surface area contributed by atoms with Gasteiger partial charge in [-0.2, -0.15) is 0 Å². The van der Waals surface area contributed by atoms with Gasteiger partial charge in [-0.1, -0.05) is 34.1 Å². The highest BCUT2D eigenvalue weighted by atomic mass is 16.2. The Morgan fingerprint density at radius 1 is 1.17 bits per heavy atom. The number of carbonyl (C=O) groups is 1. The van der Waals surface area contributed by atoms with Crippen LogP contribution in [-0.2, 0) is 10.2 Å². The summed E-state index contributed by atoms with van der Waals surface area (Å²) >= 11 is 0. The molecule has 0 radical (unpaired) electrons. The predicted octanol–water partition coefficient (Wildman–Crippen LogP) is 4.41. The molecule has 0 spiro atoms. The molecule has 3 heterocycles. The normalized spacial score (nSPS) is 25.7. The van der Waals surface area contributed by atoms with Crippen LogP contribution in [-0.4, -0.2) is 73.4 Å². The topological polar surface area (TPSA) is 87.1 Å². The van der Waals surface area contributed by atoms with Crippen LogP contribution in [0.3, 0.4) is 0 Å². The number of likely N-dealkylation sites (tertiary alicyclic amines) is 1. The third kappa shape index (κ3) is 5.42. The summed E-state index contributed by atoms with van der Waals surface area (Å²) in [6, 6.07) is 1.21. The lowest BCUT2D eigenvalue weighted by Crippen LogP contribution is -2.51. The first-order valence-corrected chi connectivity index (χ1v) is 13.4. The van der Waals surface area contributed by atoms with E-state index in [0.29, 0.717) is 40.9 Å². The molecule has 2 aliphatic rings. The van der Waals surface area contributed by atoms with E-state index in [-0.39, 0.29) is 17.4 Å². The van der Waals surface area contributed by atoms with Crippen LogP contribution in [0.5, 0.6) is 0 Å². The summed E-state index contributed by atoms with van der Waals surface area (Å²) in [5.41, 5.74) is 1.19. The maximum atomic E-state index is 13.6. The van der Waals surface area contributed by atoms with Crippen LogP contribution >= 0.6 is 0 Å². The summed E-state index contributed by atoms with van der Waals surface area (Å²) in [7, 11) is 2.25. The average Bonchev–Trinajstić information content (AvgIpc) is 3.17. The van der Waals surface area contributed by atoms with Crippen LogP contribution in [0.4, 0.5) is 5.82 Å². The number of hydrogen-bond acceptors (Lipinski definition) is 7. The lowest BCUT2D eigenvalue weighted by Gasteiger charge is -2.44. The highest BCUT2D eigenvalue weighted by Crippen LogP contribution is 2.36. The summed E-state index contributed by atoms with van der Waals surface area (Å²) in [5, 5.41) is 3.43. The van der Waals surface area contributed by atoms with Gasteiger partial charge in [0.1, 0.15) is 29.2 Å². The van der Waals surface area contributed by atoms with Gasteiger partial charge in [-0.25, -0.2) is 19.9 Å². The van der Waals surface area contributed by atoms with Crippen molar-refractivity contribution in [3.8, 4) is 0 Å². The fourth-order valence-corrected chi connectivity index (χ4v) is 5.76. The van der Waals surface area contributed by atoms with Gasteiger partial charge in [0, 0.05) is 30.1 Å². The van der Waals surface area contributed by atoms with E-state index in [2.05, 4.69) is 78.7 Å². The van der Waals surface area contributed by atoms with E-state index in [1.54, 1.807) is 6.20 Å². The summed E-state index contributed by atoms with van der Waals surface area (Å²) in [6.07, 6.45) is 9.81. The molecule has 0 aromatic carbocycles. The standard InChI is InChI=1S/C27H43N7O/c1-8-9-18-14-19(33(7)17(2)3)10-11-22(18)34-13-12-20(25(34)35)31-24-23-21(29-16-30-24)15-28-26(32-23)27(4,5)6/h15-20,22H,8-14H2,1-7H3,(H,29,30,31)/t18-,19-,20+,22+/m1/s1. The van der Waals surface area contributed by atoms with E-state index >= 15 is 0 Å². The Labute approximate surface area is 210 Å². The molecule has 1 saturated heterocycles. The number of rotatable bonds is 7. The van der Waals surface area contributed by atoms with Crippen LogP contribution < -0.4 is 5.32 Å². The van der Waals surface area contributed by atoms with Crippen LogP contribution in [0.15, 0.2) is 12.5 Å². The number of nitrogens with zero attached hydrogens (tertiary/aromatic N) is 6. The zero-order valence-electron chi connectivity index (χ0n) is 22.6. The van der Waals surface area contributed by atoms with Crippen molar-refractivity contribution >= 4 is 22.8 Å². The van der Waals surface area contributed by atoms with Crippen molar-refractivity contribution in [2.45, 2.75) is 110 Å². The highest BCUT2D eigenvalue weighted by Gasteiger charge is 2.42. The Morgan fingerprint density at radius 2 is 1.94 bits per heavy atom. The first kappa shape index (κ1) is 25.7. The molecule has 1 N–H and O–H groups in total. The van der Waals surface area contributed by atoms with E-state index in [1.807, 2.05) is 0 Å². The van der Waals surface area contributed by atoms with Crippen molar-refractivity contribution in [2.75, 3.05) is 18.9 Å². The minimum Gasteiger partial charge on any atom is -0.356 e. The maximum Gasteiger partial charge on any atom is 0.245 e. The average molecular weight is 482 g/mol. The second-order valence-corrected chi connectivity index (χ2v) is 11.8. The van der Waals surface area contributed by atoms with E-state index in [1.165, 1.54) is 19.2 Å². The Bertz CT molecular complexity index is 1030. The van der Waals surface area contributed by atoms with Gasteiger partial charge in [0.2, 0.25) is 5.91 Å². The summed E-state index contributed by atoms with van der Waals surface area (Å²) in [6.45, 7) is 13.9. The first-order chi connectivity index (χ1) is 16.6. The summed E-state index contributed by atoms with van der Waals surface area (Å²) in [4.78, 5) is 36.4. The van der Waals surface area contributed by atoms with Gasteiger partial charge in [0.05, 0.1) is 6.20 Å². The summed E-state index contributed by atoms with van der Waals surface area (Å²) in [5.74, 6) is 2.12. The van der Waals surface area contributed by atoms with Crippen molar-refractivity contribution in [1.82, 2.24) is 29.7 Å². The number of carbonyl (C=O) groups excluding carboxylic acids is 1. The molecule has 1 aliphatic carbocycles. The zero-order chi connectivity index (χ0) is 25.3. The second kappa shape index (κ2) is 10.3. The van der Waals surface area contributed by atoms with Gasteiger partial charge in [-0.15, -0.1) is 0 Å². The predicted molar refractivity (Wildman–Crippen MR) is 140 cm³/mol. The van der Waals surface area contributed by atoms with E-state index in [9.17, 15) is 4.79 Å². The van der Waals surface area contributed by atoms with E-state index < -0.39 is 0 Å². The molecule has 0 unspecified atom stereocenters. The molecule has 4 rings (SSSR count). The van der Waals surface area contributed by atoms with Gasteiger partial charge < -0.3 is 15.1 Å². The quantitative estimate of drug-likeness (QED) is 0.627. The number of anilines is 1. The molecule has 8 heteroatoms. The van der Waals surface area contributed by atoms with Gasteiger partial charge in [0.25, 0.3) is 0 Å². The van der Waals surface area contributed by atoms with E-state index in [0.717, 1.165) is 38.1 Å². The van der Waals surface area contributed by atoms with Gasteiger partial charge in [0.15, 0.2) is 5.82 Å². The molecule has 1 amide bonds. The number of hydrogen-bond donors (Lipinski definition) is 1. The molecule has 8 nitrogen and oxygen atoms in total. The number of fused-ring (bicyclic) bond motifs is 1. The zero-order valence-corrected chi connectivity index (χ0v) is 22.6. The minimum atomic E-state index is -0.278. The largest absolute Gasteiger partial charge is 0.356 e. The van der Waals surface area contributed by atoms with Crippen molar-refractivity contribution in [2.24, 2.45) is 5.92 Å². The van der Waals surface area contributed by atoms with Crippen molar-refractivity contribution in [3.63, 3.8) is 0 Å². The van der Waals surface area contributed by atoms with Gasteiger partial charge in [-0.05, 0) is 58.9 Å². The van der Waals surface area contributed by atoms with E-state index in [4.69, 9.17) is 4.98 Å². The van der Waals surface area contributed by atoms with Gasteiger partial charge >= 0.3 is 0 Å². The van der Waals surface area contributed by atoms with Crippen LogP contribution in [0.1, 0.15) is 85.9 Å². The maximum absolute atomic E-state index is 13.6. The second-order valence-electron chi connectivity index (χ2n) is 11.8. The number of aromatic nitrogens is 4. The fourth-order valence-electron chi connectivity index (χ4n) is 5.76. The molecule has 0 bridgehead atoms. The summed E-state index contributed by atoms with van der Waals surface area (Å²) < 4.78 is 0. The van der Waals surface area contributed by atoms with Crippen LogP contribution in [0, 0.1) is 5.92 Å². The molecular formula is C27H43N7O. The van der Waals surface area contributed by atoms with Crippen molar-refractivity contribution in [1.29, 1.82) is 0 Å². The lowest BCUT2D eigenvalue weighted by atomic mass is 9.77. The first-order valence-electron chi connectivity index (χ1n) is 13.4. The lowest BCUT2D eigenvalue weighted by molar-refractivity contribution is -0.132. The molecule has 1 aliphatic heterocycles. The third-order valence-electron chi connectivity index (χ3n) is 7.96. The molecular weight excluding hydrogens is 438 g/mol. The molecule has 2 fully saturated rings. The van der Waals surface area contributed by atoms with Crippen LogP contribution in [0.25, 0.3) is 11.0 Å². The minimum absolute atomic E-state index is 0.182. The Hall–Kier alpha value is -2.35. The SMILES string of the molecule is CCC[C@@H]1C[C@H](N(C)C(C)C)CC[C@@H]1N1CC[C@H](Nc2ncnc3cnc(C(C)(C)C)nc23)C1=O. The van der Waals surface area contributed by atoms with Gasteiger partial charge in [-0.3, -0.25) is 4.79 Å². The Balaban J connectivity index is 1.50. The number of nitrogens with one attached hydrogen (secondary N) is 1. The van der Waals surface area contributed by atoms with Crippen LogP contribution in [0.2, 0.25) is 0 Å². The number of amides is 1. The molecule has 1 saturated carbocycles. The molecule has 2 aromatic rings.